The van der Waals surface area contributed by atoms with Gasteiger partial charge >= 0.3 is 0 Å². The number of benzene rings is 3. The molecule has 3 aromatic carbocycles. The SMILES string of the molecule is O=S(=O)(O)C(c1cc(Cl)c(O)c(Cl)c1)(c1ccccc1O)c1cccc(Cl)c1Cl. The van der Waals surface area contributed by atoms with Gasteiger partial charge in [0.05, 0.1) is 20.1 Å². The quantitative estimate of drug-likeness (QED) is 0.311. The van der Waals surface area contributed by atoms with E-state index in [4.69, 9.17) is 46.4 Å². The summed E-state index contributed by atoms with van der Waals surface area (Å²) >= 11 is 24.5. The smallest absolute Gasteiger partial charge is 0.283 e. The lowest BCUT2D eigenvalue weighted by Gasteiger charge is -2.34. The fraction of sp³-hybridized carbons (Fsp3) is 0.0526. The molecule has 5 nitrogen and oxygen atoms in total. The van der Waals surface area contributed by atoms with Crippen LogP contribution in [0.1, 0.15) is 16.7 Å². The Labute approximate surface area is 186 Å². The second kappa shape index (κ2) is 7.87. The van der Waals surface area contributed by atoms with Crippen molar-refractivity contribution in [2.45, 2.75) is 4.75 Å². The summed E-state index contributed by atoms with van der Waals surface area (Å²) in [7, 11) is -5.10. The van der Waals surface area contributed by atoms with Crippen LogP contribution < -0.4 is 0 Å². The topological polar surface area (TPSA) is 94.8 Å². The summed E-state index contributed by atoms with van der Waals surface area (Å²) in [6.45, 7) is 0. The summed E-state index contributed by atoms with van der Waals surface area (Å²) in [6, 6.07) is 11.9. The number of hydrogen-bond donors (Lipinski definition) is 3. The van der Waals surface area contributed by atoms with E-state index >= 15 is 0 Å². The number of rotatable bonds is 4. The monoisotopic (exact) mass is 492 g/mol. The normalized spacial score (nSPS) is 13.8. The van der Waals surface area contributed by atoms with Gasteiger partial charge in [0.2, 0.25) is 0 Å². The van der Waals surface area contributed by atoms with Gasteiger partial charge in [-0.2, -0.15) is 8.42 Å². The minimum Gasteiger partial charge on any atom is -0.508 e. The Balaban J connectivity index is 2.63. The molecule has 0 saturated carbocycles. The molecule has 0 aromatic heterocycles. The minimum absolute atomic E-state index is 0.0172. The molecule has 152 valence electrons. The molecule has 1 unspecified atom stereocenters. The summed E-state index contributed by atoms with van der Waals surface area (Å²) in [6.07, 6.45) is 0. The molecule has 10 heteroatoms. The molecule has 0 aliphatic heterocycles. The Kier molecular flexibility index (Phi) is 5.98. The predicted octanol–water partition coefficient (Wildman–Crippen LogP) is 5.89. The molecule has 0 fully saturated rings. The van der Waals surface area contributed by atoms with Crippen molar-refractivity contribution in [2.24, 2.45) is 0 Å². The van der Waals surface area contributed by atoms with E-state index in [-0.39, 0.29) is 36.8 Å². The molecule has 29 heavy (non-hydrogen) atoms. The Hall–Kier alpha value is -1.67. The molecule has 3 aromatic rings. The maximum atomic E-state index is 13.0. The van der Waals surface area contributed by atoms with E-state index in [9.17, 15) is 23.2 Å². The Morgan fingerprint density at radius 2 is 1.31 bits per heavy atom. The third kappa shape index (κ3) is 3.54. The van der Waals surface area contributed by atoms with E-state index in [1.165, 1.54) is 42.5 Å². The predicted molar refractivity (Wildman–Crippen MR) is 114 cm³/mol. The summed E-state index contributed by atoms with van der Waals surface area (Å²) in [5.41, 5.74) is -0.531. The highest BCUT2D eigenvalue weighted by molar-refractivity contribution is 7.87. The van der Waals surface area contributed by atoms with Gasteiger partial charge in [-0.1, -0.05) is 76.7 Å². The fourth-order valence-electron chi connectivity index (χ4n) is 3.20. The van der Waals surface area contributed by atoms with Crippen LogP contribution in [0.5, 0.6) is 11.5 Å². The highest BCUT2D eigenvalue weighted by atomic mass is 35.5. The Morgan fingerprint density at radius 1 is 0.759 bits per heavy atom. The first-order valence-corrected chi connectivity index (χ1v) is 10.9. The third-order valence-electron chi connectivity index (χ3n) is 4.42. The van der Waals surface area contributed by atoms with E-state index in [1.54, 1.807) is 0 Å². The zero-order valence-electron chi connectivity index (χ0n) is 14.3. The molecule has 0 bridgehead atoms. The maximum Gasteiger partial charge on any atom is 0.283 e. The van der Waals surface area contributed by atoms with Gasteiger partial charge in [-0.3, -0.25) is 4.55 Å². The largest absolute Gasteiger partial charge is 0.508 e. The molecule has 0 saturated heterocycles. The number of phenolic OH excluding ortho intramolecular Hbond substituents is 2. The van der Waals surface area contributed by atoms with Crippen molar-refractivity contribution in [3.05, 3.63) is 91.4 Å². The Morgan fingerprint density at radius 3 is 1.86 bits per heavy atom. The first-order chi connectivity index (χ1) is 13.5. The van der Waals surface area contributed by atoms with Gasteiger partial charge in [-0.15, -0.1) is 0 Å². The molecule has 0 aliphatic rings. The number of phenols is 2. The molecular weight excluding hydrogens is 482 g/mol. The molecule has 3 N–H and O–H groups in total. The van der Waals surface area contributed by atoms with Crippen molar-refractivity contribution in [2.75, 3.05) is 0 Å². The van der Waals surface area contributed by atoms with Gasteiger partial charge < -0.3 is 10.2 Å². The van der Waals surface area contributed by atoms with Crippen molar-refractivity contribution in [1.29, 1.82) is 0 Å². The number of hydrogen-bond acceptors (Lipinski definition) is 4. The van der Waals surface area contributed by atoms with Crippen LogP contribution in [0, 0.1) is 0 Å². The van der Waals surface area contributed by atoms with Gasteiger partial charge in [-0.05, 0) is 29.8 Å². The van der Waals surface area contributed by atoms with E-state index in [1.807, 2.05) is 0 Å². The van der Waals surface area contributed by atoms with E-state index in [2.05, 4.69) is 0 Å². The van der Waals surface area contributed by atoms with Gasteiger partial charge in [0.15, 0.2) is 10.5 Å². The summed E-state index contributed by atoms with van der Waals surface area (Å²) in [5, 5.41) is 19.7. The second-order valence-corrected chi connectivity index (χ2v) is 9.23. The molecule has 0 amide bonds. The molecule has 0 radical (unpaired) electrons. The van der Waals surface area contributed by atoms with Crippen molar-refractivity contribution in [3.63, 3.8) is 0 Å². The van der Waals surface area contributed by atoms with Crippen LogP contribution in [0.15, 0.2) is 54.6 Å². The number of aromatic hydroxyl groups is 2. The third-order valence-corrected chi connectivity index (χ3v) is 7.27. The molecule has 0 aliphatic carbocycles. The molecule has 3 rings (SSSR count). The first kappa shape index (κ1) is 22.0. The van der Waals surface area contributed by atoms with Crippen LogP contribution >= 0.6 is 46.4 Å². The minimum atomic E-state index is -5.10. The van der Waals surface area contributed by atoms with Crippen molar-refractivity contribution < 1.29 is 23.2 Å². The maximum absolute atomic E-state index is 13.0. The van der Waals surface area contributed by atoms with E-state index in [0.29, 0.717) is 0 Å². The molecule has 0 spiro atoms. The average Bonchev–Trinajstić information content (AvgIpc) is 2.63. The van der Waals surface area contributed by atoms with Crippen LogP contribution in [-0.2, 0) is 14.9 Å². The van der Waals surface area contributed by atoms with Gasteiger partial charge in [0.1, 0.15) is 5.75 Å². The zero-order valence-corrected chi connectivity index (χ0v) is 18.1. The lowest BCUT2D eigenvalue weighted by atomic mass is 9.83. The fourth-order valence-corrected chi connectivity index (χ4v) is 5.50. The summed E-state index contributed by atoms with van der Waals surface area (Å²) in [5.74, 6) is -0.919. The standard InChI is InChI=1S/C19H12Cl4O5S/c20-13-6-3-5-12(17(13)23)19(29(26,27)28,11-4-1-2-7-16(11)24)10-8-14(21)18(25)15(22)9-10/h1-9,24-25H,(H,26,27,28). The summed E-state index contributed by atoms with van der Waals surface area (Å²) < 4.78 is 34.0. The van der Waals surface area contributed by atoms with Crippen LogP contribution in [0.3, 0.4) is 0 Å². The van der Waals surface area contributed by atoms with E-state index in [0.717, 1.165) is 12.1 Å². The summed E-state index contributed by atoms with van der Waals surface area (Å²) in [4.78, 5) is 0. The van der Waals surface area contributed by atoms with Crippen molar-refractivity contribution in [1.82, 2.24) is 0 Å². The van der Waals surface area contributed by atoms with E-state index < -0.39 is 26.4 Å². The zero-order chi connectivity index (χ0) is 21.6. The van der Waals surface area contributed by atoms with Gasteiger partial charge in [0.25, 0.3) is 10.1 Å². The van der Waals surface area contributed by atoms with Gasteiger partial charge in [-0.25, -0.2) is 0 Å². The van der Waals surface area contributed by atoms with Crippen LogP contribution in [0.25, 0.3) is 0 Å². The van der Waals surface area contributed by atoms with Crippen LogP contribution in [0.4, 0.5) is 0 Å². The van der Waals surface area contributed by atoms with Crippen molar-refractivity contribution in [3.8, 4) is 11.5 Å². The van der Waals surface area contributed by atoms with Crippen LogP contribution in [0.2, 0.25) is 20.1 Å². The first-order valence-electron chi connectivity index (χ1n) is 7.90. The van der Waals surface area contributed by atoms with Crippen molar-refractivity contribution >= 4 is 56.5 Å². The number of para-hydroxylation sites is 1. The second-order valence-electron chi connectivity index (χ2n) is 6.06. The number of halogens is 4. The average molecular weight is 494 g/mol. The molecule has 0 heterocycles. The highest BCUT2D eigenvalue weighted by Gasteiger charge is 2.51. The van der Waals surface area contributed by atoms with Crippen LogP contribution in [-0.4, -0.2) is 23.2 Å². The molecule has 1 atom stereocenters. The molecular formula is C19H12Cl4O5S. The highest BCUT2D eigenvalue weighted by Crippen LogP contribution is 2.51. The lowest BCUT2D eigenvalue weighted by Crippen LogP contribution is -2.38. The lowest BCUT2D eigenvalue weighted by molar-refractivity contribution is 0.440. The van der Waals surface area contributed by atoms with Gasteiger partial charge in [0, 0.05) is 11.1 Å². The Bertz CT molecular complexity index is 1190.